The molecule has 1 aromatic heterocycles. The first-order valence-electron chi connectivity index (χ1n) is 6.62. The number of nitrogens with zero attached hydrogens (tertiary/aromatic N) is 2. The molecular weight excluding hydrogens is 270 g/mol. The van der Waals surface area contributed by atoms with Crippen molar-refractivity contribution in [2.45, 2.75) is 19.8 Å². The summed E-state index contributed by atoms with van der Waals surface area (Å²) in [7, 11) is 4.09. The highest BCUT2D eigenvalue weighted by molar-refractivity contribution is 7.19. The zero-order valence-electron chi connectivity index (χ0n) is 11.9. The number of carbonyl (C=O) groups is 1. The molecule has 1 amide bonds. The van der Waals surface area contributed by atoms with E-state index in [1.54, 1.807) is 11.3 Å². The Morgan fingerprint density at radius 2 is 2.15 bits per heavy atom. The number of thiazole rings is 1. The van der Waals surface area contributed by atoms with Crippen LogP contribution in [0.3, 0.4) is 0 Å². The van der Waals surface area contributed by atoms with Gasteiger partial charge in [-0.25, -0.2) is 4.98 Å². The Morgan fingerprint density at radius 3 is 2.85 bits per heavy atom. The minimum atomic E-state index is -0.0710. The number of rotatable bonds is 2. The van der Waals surface area contributed by atoms with Crippen LogP contribution in [0.4, 0.5) is 10.8 Å². The van der Waals surface area contributed by atoms with Crippen LogP contribution in [0.1, 0.15) is 18.2 Å². The van der Waals surface area contributed by atoms with Crippen LogP contribution in [-0.2, 0) is 17.6 Å². The van der Waals surface area contributed by atoms with Crippen LogP contribution in [-0.4, -0.2) is 25.0 Å². The van der Waals surface area contributed by atoms with Gasteiger partial charge in [0.1, 0.15) is 0 Å². The number of fused-ring (bicyclic) bond motifs is 3. The molecule has 0 atom stereocenters. The molecule has 1 aliphatic carbocycles. The third-order valence-corrected chi connectivity index (χ3v) is 4.51. The molecule has 1 heterocycles. The van der Waals surface area contributed by atoms with Crippen molar-refractivity contribution in [3.8, 4) is 10.4 Å². The molecular formula is C15H17N3OS. The largest absolute Gasteiger partial charge is 0.378 e. The van der Waals surface area contributed by atoms with Crippen molar-refractivity contribution in [1.82, 2.24) is 4.98 Å². The standard InChI is InChI=1S/C15H17N3OS/c1-9(19)16-15-17-13-7-5-10-4-6-11(18(2)3)8-12(10)14(13)20-15/h4,6,8H,5,7H2,1-3H3,(H,16,17,19). The molecule has 104 valence electrons. The molecule has 1 aromatic carbocycles. The van der Waals surface area contributed by atoms with Crippen LogP contribution >= 0.6 is 11.3 Å². The van der Waals surface area contributed by atoms with Gasteiger partial charge in [0, 0.05) is 26.7 Å². The van der Waals surface area contributed by atoms with E-state index in [0.717, 1.165) is 18.5 Å². The molecule has 1 aliphatic rings. The lowest BCUT2D eigenvalue weighted by Crippen LogP contribution is -2.10. The fraction of sp³-hybridized carbons (Fsp3) is 0.333. The molecule has 0 unspecified atom stereocenters. The molecule has 0 saturated carbocycles. The van der Waals surface area contributed by atoms with Crippen LogP contribution in [0.25, 0.3) is 10.4 Å². The molecule has 4 nitrogen and oxygen atoms in total. The summed E-state index contributed by atoms with van der Waals surface area (Å²) < 4.78 is 0. The van der Waals surface area contributed by atoms with E-state index in [0.29, 0.717) is 5.13 Å². The smallest absolute Gasteiger partial charge is 0.223 e. The van der Waals surface area contributed by atoms with Gasteiger partial charge in [-0.05, 0) is 36.1 Å². The minimum Gasteiger partial charge on any atom is -0.378 e. The van der Waals surface area contributed by atoms with E-state index in [1.165, 1.54) is 28.6 Å². The second-order valence-corrected chi connectivity index (χ2v) is 6.21. The van der Waals surface area contributed by atoms with Crippen molar-refractivity contribution >= 4 is 28.1 Å². The van der Waals surface area contributed by atoms with E-state index >= 15 is 0 Å². The lowest BCUT2D eigenvalue weighted by Gasteiger charge is -2.19. The molecule has 0 spiro atoms. The Labute approximate surface area is 122 Å². The van der Waals surface area contributed by atoms with Crippen LogP contribution in [0.15, 0.2) is 18.2 Å². The van der Waals surface area contributed by atoms with Gasteiger partial charge in [-0.3, -0.25) is 4.79 Å². The van der Waals surface area contributed by atoms with Gasteiger partial charge in [0.2, 0.25) is 5.91 Å². The van der Waals surface area contributed by atoms with Gasteiger partial charge in [-0.1, -0.05) is 17.4 Å². The zero-order valence-corrected chi connectivity index (χ0v) is 12.7. The summed E-state index contributed by atoms with van der Waals surface area (Å²) in [5, 5.41) is 3.49. The van der Waals surface area contributed by atoms with E-state index < -0.39 is 0 Å². The van der Waals surface area contributed by atoms with E-state index in [1.807, 2.05) is 14.1 Å². The molecule has 5 heteroatoms. The summed E-state index contributed by atoms with van der Waals surface area (Å²) in [6, 6.07) is 6.56. The number of anilines is 2. The minimum absolute atomic E-state index is 0.0710. The predicted octanol–water partition coefficient (Wildman–Crippen LogP) is 2.93. The number of benzene rings is 1. The second kappa shape index (κ2) is 4.90. The van der Waals surface area contributed by atoms with E-state index in [-0.39, 0.29) is 5.91 Å². The van der Waals surface area contributed by atoms with Gasteiger partial charge in [-0.2, -0.15) is 0 Å². The molecule has 1 N–H and O–H groups in total. The maximum atomic E-state index is 11.2. The van der Waals surface area contributed by atoms with Gasteiger partial charge in [-0.15, -0.1) is 0 Å². The maximum Gasteiger partial charge on any atom is 0.223 e. The average molecular weight is 287 g/mol. The normalized spacial score (nSPS) is 12.6. The Balaban J connectivity index is 2.06. The Hall–Kier alpha value is -1.88. The fourth-order valence-corrected chi connectivity index (χ4v) is 3.57. The van der Waals surface area contributed by atoms with Gasteiger partial charge in [0.05, 0.1) is 10.6 Å². The van der Waals surface area contributed by atoms with E-state index in [4.69, 9.17) is 0 Å². The number of hydrogen-bond donors (Lipinski definition) is 1. The number of aryl methyl sites for hydroxylation is 2. The molecule has 2 aromatic rings. The lowest BCUT2D eigenvalue weighted by atomic mass is 9.93. The lowest BCUT2D eigenvalue weighted by molar-refractivity contribution is -0.114. The summed E-state index contributed by atoms with van der Waals surface area (Å²) in [6.45, 7) is 1.51. The summed E-state index contributed by atoms with van der Waals surface area (Å²) in [5.41, 5.74) is 4.90. The number of nitrogens with one attached hydrogen (secondary N) is 1. The van der Waals surface area contributed by atoms with Crippen molar-refractivity contribution in [2.24, 2.45) is 0 Å². The first-order chi connectivity index (χ1) is 9.54. The first-order valence-corrected chi connectivity index (χ1v) is 7.44. The van der Waals surface area contributed by atoms with Crippen molar-refractivity contribution in [3.63, 3.8) is 0 Å². The Kier molecular flexibility index (Phi) is 3.22. The van der Waals surface area contributed by atoms with Gasteiger partial charge < -0.3 is 10.2 Å². The monoisotopic (exact) mass is 287 g/mol. The van der Waals surface area contributed by atoms with Gasteiger partial charge in [0.15, 0.2) is 5.13 Å². The fourth-order valence-electron chi connectivity index (χ4n) is 2.46. The van der Waals surface area contributed by atoms with Crippen LogP contribution in [0.5, 0.6) is 0 Å². The first kappa shape index (κ1) is 13.1. The second-order valence-electron chi connectivity index (χ2n) is 5.21. The zero-order chi connectivity index (χ0) is 14.3. The molecule has 0 fully saturated rings. The maximum absolute atomic E-state index is 11.2. The topological polar surface area (TPSA) is 45.2 Å². The highest BCUT2D eigenvalue weighted by Gasteiger charge is 2.21. The highest BCUT2D eigenvalue weighted by atomic mass is 32.1. The Bertz CT molecular complexity index is 676. The third kappa shape index (κ3) is 2.29. The summed E-state index contributed by atoms with van der Waals surface area (Å²) >= 11 is 1.57. The molecule has 20 heavy (non-hydrogen) atoms. The molecule has 0 radical (unpaired) electrons. The van der Waals surface area contributed by atoms with Crippen molar-refractivity contribution in [2.75, 3.05) is 24.3 Å². The number of hydrogen-bond acceptors (Lipinski definition) is 4. The molecule has 0 aliphatic heterocycles. The quantitative estimate of drug-likeness (QED) is 0.923. The summed E-state index contributed by atoms with van der Waals surface area (Å²) in [5.74, 6) is -0.0710. The van der Waals surface area contributed by atoms with Crippen molar-refractivity contribution < 1.29 is 4.79 Å². The predicted molar refractivity (Wildman–Crippen MR) is 83.6 cm³/mol. The van der Waals surface area contributed by atoms with Crippen LogP contribution in [0, 0.1) is 0 Å². The highest BCUT2D eigenvalue weighted by Crippen LogP contribution is 2.40. The van der Waals surface area contributed by atoms with E-state index in [2.05, 4.69) is 33.4 Å². The third-order valence-electron chi connectivity index (χ3n) is 3.47. The number of carbonyl (C=O) groups excluding carboxylic acids is 1. The van der Waals surface area contributed by atoms with Crippen LogP contribution in [0.2, 0.25) is 0 Å². The summed E-state index contributed by atoms with van der Waals surface area (Å²) in [4.78, 5) is 19.0. The van der Waals surface area contributed by atoms with Gasteiger partial charge >= 0.3 is 0 Å². The Morgan fingerprint density at radius 1 is 1.35 bits per heavy atom. The van der Waals surface area contributed by atoms with Gasteiger partial charge in [0.25, 0.3) is 0 Å². The number of amides is 1. The number of aromatic nitrogens is 1. The van der Waals surface area contributed by atoms with E-state index in [9.17, 15) is 4.79 Å². The molecule has 0 saturated heterocycles. The van der Waals surface area contributed by atoms with Crippen LogP contribution < -0.4 is 10.2 Å². The van der Waals surface area contributed by atoms with Crippen molar-refractivity contribution in [1.29, 1.82) is 0 Å². The van der Waals surface area contributed by atoms with Crippen molar-refractivity contribution in [3.05, 3.63) is 29.5 Å². The summed E-state index contributed by atoms with van der Waals surface area (Å²) in [6.07, 6.45) is 1.96. The SMILES string of the molecule is CC(=O)Nc1nc2c(s1)-c1cc(N(C)C)ccc1CC2. The average Bonchev–Trinajstić information content (AvgIpc) is 2.79. The molecule has 3 rings (SSSR count). The molecule has 0 bridgehead atoms.